The second kappa shape index (κ2) is 5.68. The maximum atomic E-state index is 11.5. The number of anilines is 2. The molecule has 0 aliphatic carbocycles. The van der Waals surface area contributed by atoms with Gasteiger partial charge in [0.1, 0.15) is 16.8 Å². The van der Waals surface area contributed by atoms with Gasteiger partial charge in [-0.15, -0.1) is 0 Å². The van der Waals surface area contributed by atoms with E-state index < -0.39 is 5.97 Å². The van der Waals surface area contributed by atoms with E-state index >= 15 is 0 Å². The molecule has 0 aliphatic heterocycles. The second-order valence-corrected chi connectivity index (χ2v) is 6.35. The lowest BCUT2D eigenvalue weighted by Crippen LogP contribution is -1.96. The Balaban J connectivity index is 1.91. The Labute approximate surface area is 151 Å². The summed E-state index contributed by atoms with van der Waals surface area (Å²) in [5.41, 5.74) is 2.05. The molecule has 2 heterocycles. The van der Waals surface area contributed by atoms with Crippen LogP contribution in [-0.2, 0) is 0 Å². The Bertz CT molecular complexity index is 1130. The largest absolute Gasteiger partial charge is 0.478 e. The van der Waals surface area contributed by atoms with E-state index in [1.165, 1.54) is 6.07 Å². The van der Waals surface area contributed by atoms with E-state index in [0.717, 1.165) is 0 Å². The number of fused-ring (bicyclic) bond motifs is 3. The second-order valence-electron chi connectivity index (χ2n) is 5.53. The van der Waals surface area contributed by atoms with Gasteiger partial charge in [-0.05, 0) is 31.2 Å². The van der Waals surface area contributed by atoms with E-state index in [2.05, 4.69) is 15.3 Å². The number of para-hydroxylation sites is 1. The predicted octanol–water partition coefficient (Wildman–Crippen LogP) is 5.37. The molecule has 4 rings (SSSR count). The third-order valence-electron chi connectivity index (χ3n) is 3.81. The minimum Gasteiger partial charge on any atom is -0.478 e. The molecule has 0 bridgehead atoms. The number of aromatic nitrogens is 2. The van der Waals surface area contributed by atoms with Crippen molar-refractivity contribution in [3.63, 3.8) is 0 Å². The number of nitrogens with one attached hydrogen (secondary N) is 2. The van der Waals surface area contributed by atoms with Crippen LogP contribution in [0.2, 0.25) is 10.0 Å². The van der Waals surface area contributed by atoms with E-state index in [-0.39, 0.29) is 5.56 Å². The number of furan rings is 1. The number of aryl methyl sites for hydroxylation is 1. The average Bonchev–Trinajstić information content (AvgIpc) is 3.12. The summed E-state index contributed by atoms with van der Waals surface area (Å²) in [5, 5.41) is 14.0. The molecule has 3 N–H and O–H groups in total. The fraction of sp³-hybridized carbons (Fsp3) is 0.0588. The third kappa shape index (κ3) is 2.59. The average molecular weight is 376 g/mol. The summed E-state index contributed by atoms with van der Waals surface area (Å²) in [7, 11) is 0. The number of carboxylic acids is 1. The van der Waals surface area contributed by atoms with Crippen molar-refractivity contribution in [2.75, 3.05) is 5.32 Å². The molecule has 8 heteroatoms. The van der Waals surface area contributed by atoms with Crippen molar-refractivity contribution < 1.29 is 14.3 Å². The van der Waals surface area contributed by atoms with Crippen molar-refractivity contribution in [2.24, 2.45) is 0 Å². The lowest BCUT2D eigenvalue weighted by atomic mass is 10.1. The predicted molar refractivity (Wildman–Crippen MR) is 97.3 cm³/mol. The van der Waals surface area contributed by atoms with Crippen LogP contribution in [0, 0.1) is 6.92 Å². The molecule has 2 aromatic carbocycles. The Morgan fingerprint density at radius 3 is 2.68 bits per heavy atom. The zero-order chi connectivity index (χ0) is 17.7. The summed E-state index contributed by atoms with van der Waals surface area (Å²) < 4.78 is 5.54. The minimum atomic E-state index is -1.07. The number of imidazole rings is 1. The smallest absolute Gasteiger partial charge is 0.339 e. The van der Waals surface area contributed by atoms with Crippen LogP contribution in [0.3, 0.4) is 0 Å². The first-order valence-corrected chi connectivity index (χ1v) is 8.07. The summed E-state index contributed by atoms with van der Waals surface area (Å²) in [6.45, 7) is 1.76. The number of hydrogen-bond donors (Lipinski definition) is 3. The van der Waals surface area contributed by atoms with Crippen molar-refractivity contribution in [3.8, 4) is 0 Å². The minimum absolute atomic E-state index is 0.0709. The number of carboxylic acid groups (broad SMARTS) is 1. The highest BCUT2D eigenvalue weighted by Crippen LogP contribution is 2.34. The normalized spacial score (nSPS) is 11.3. The quantitative estimate of drug-likeness (QED) is 0.447. The van der Waals surface area contributed by atoms with E-state index in [1.807, 2.05) is 0 Å². The van der Waals surface area contributed by atoms with Crippen molar-refractivity contribution in [1.29, 1.82) is 0 Å². The number of aromatic amines is 1. The molecular formula is C17H11Cl2N3O3. The number of carbonyl (C=O) groups is 1. The molecule has 0 saturated carbocycles. The van der Waals surface area contributed by atoms with Crippen LogP contribution in [-0.4, -0.2) is 21.0 Å². The molecule has 0 atom stereocenters. The van der Waals surface area contributed by atoms with Gasteiger partial charge >= 0.3 is 5.97 Å². The highest BCUT2D eigenvalue weighted by atomic mass is 35.5. The number of hydrogen-bond acceptors (Lipinski definition) is 4. The highest BCUT2D eigenvalue weighted by molar-refractivity contribution is 6.39. The summed E-state index contributed by atoms with van der Waals surface area (Å²) in [4.78, 5) is 19.1. The van der Waals surface area contributed by atoms with Gasteiger partial charge in [-0.3, -0.25) is 0 Å². The molecule has 2 aromatic heterocycles. The van der Waals surface area contributed by atoms with Gasteiger partial charge in [0.15, 0.2) is 5.58 Å². The van der Waals surface area contributed by atoms with Gasteiger partial charge in [-0.1, -0.05) is 29.3 Å². The highest BCUT2D eigenvalue weighted by Gasteiger charge is 2.19. The first-order chi connectivity index (χ1) is 11.9. The van der Waals surface area contributed by atoms with Crippen molar-refractivity contribution in [2.45, 2.75) is 6.92 Å². The Morgan fingerprint density at radius 2 is 2.00 bits per heavy atom. The molecule has 0 spiro atoms. The van der Waals surface area contributed by atoms with E-state index in [9.17, 15) is 9.90 Å². The molecule has 0 radical (unpaired) electrons. The van der Waals surface area contributed by atoms with Crippen LogP contribution in [0.25, 0.3) is 22.0 Å². The fourth-order valence-corrected chi connectivity index (χ4v) is 3.24. The van der Waals surface area contributed by atoms with Crippen LogP contribution in [0.15, 0.2) is 34.7 Å². The lowest BCUT2D eigenvalue weighted by Gasteiger charge is -2.06. The van der Waals surface area contributed by atoms with Gasteiger partial charge in [0, 0.05) is 5.39 Å². The Hall–Kier alpha value is -2.70. The Kier molecular flexibility index (Phi) is 3.59. The number of aromatic carboxylic acids is 1. The van der Waals surface area contributed by atoms with Crippen LogP contribution < -0.4 is 5.32 Å². The van der Waals surface area contributed by atoms with Gasteiger partial charge in [0.05, 0.1) is 21.2 Å². The molecule has 0 saturated heterocycles. The van der Waals surface area contributed by atoms with Crippen LogP contribution in [0.5, 0.6) is 0 Å². The molecule has 0 unspecified atom stereocenters. The molecule has 0 fully saturated rings. The monoisotopic (exact) mass is 375 g/mol. The lowest BCUT2D eigenvalue weighted by molar-refractivity contribution is 0.0698. The summed E-state index contributed by atoms with van der Waals surface area (Å²) in [6.07, 6.45) is 0. The van der Waals surface area contributed by atoms with Gasteiger partial charge in [0.2, 0.25) is 5.95 Å². The van der Waals surface area contributed by atoms with Crippen molar-refractivity contribution in [3.05, 3.63) is 51.7 Å². The zero-order valence-corrected chi connectivity index (χ0v) is 14.4. The molecule has 0 aliphatic rings. The van der Waals surface area contributed by atoms with Gasteiger partial charge in [-0.25, -0.2) is 9.78 Å². The van der Waals surface area contributed by atoms with Crippen LogP contribution >= 0.6 is 23.2 Å². The summed E-state index contributed by atoms with van der Waals surface area (Å²) in [6, 6.07) is 8.41. The fourth-order valence-electron chi connectivity index (χ4n) is 2.75. The van der Waals surface area contributed by atoms with Crippen molar-refractivity contribution in [1.82, 2.24) is 9.97 Å². The summed E-state index contributed by atoms with van der Waals surface area (Å²) in [5.74, 6) is -0.0659. The molecule has 25 heavy (non-hydrogen) atoms. The SMILES string of the molecule is Cc1cc2c(o1)c(C(=O)O)cc1[nH]c(Nc3c(Cl)cccc3Cl)nc12. The van der Waals surface area contributed by atoms with E-state index in [4.69, 9.17) is 27.6 Å². The summed E-state index contributed by atoms with van der Waals surface area (Å²) >= 11 is 12.3. The number of rotatable bonds is 3. The topological polar surface area (TPSA) is 91.1 Å². The van der Waals surface area contributed by atoms with Gasteiger partial charge in [-0.2, -0.15) is 0 Å². The van der Waals surface area contributed by atoms with E-state index in [1.54, 1.807) is 31.2 Å². The molecule has 6 nitrogen and oxygen atoms in total. The van der Waals surface area contributed by atoms with E-state index in [0.29, 0.717) is 49.4 Å². The number of H-pyrrole nitrogens is 1. The molecule has 126 valence electrons. The van der Waals surface area contributed by atoms with Gasteiger partial charge in [0.25, 0.3) is 0 Å². The van der Waals surface area contributed by atoms with Crippen LogP contribution in [0.4, 0.5) is 11.6 Å². The first-order valence-electron chi connectivity index (χ1n) is 7.31. The molecular weight excluding hydrogens is 365 g/mol. The number of benzene rings is 2. The maximum absolute atomic E-state index is 11.5. The molecule has 4 aromatic rings. The Morgan fingerprint density at radius 1 is 1.28 bits per heavy atom. The number of nitrogens with zero attached hydrogens (tertiary/aromatic N) is 1. The maximum Gasteiger partial charge on any atom is 0.339 e. The van der Waals surface area contributed by atoms with Gasteiger partial charge < -0.3 is 19.8 Å². The number of halogens is 2. The third-order valence-corrected chi connectivity index (χ3v) is 4.44. The first kappa shape index (κ1) is 15.8. The van der Waals surface area contributed by atoms with Crippen molar-refractivity contribution >= 4 is 62.8 Å². The standard InChI is InChI=1S/C17H11Cl2N3O3/c1-7-5-8-13-12(6-9(16(23)24)15(8)25-7)20-17(21-13)22-14-10(18)3-2-4-11(14)19/h2-6H,1H3,(H,23,24)(H2,20,21,22). The zero-order valence-electron chi connectivity index (χ0n) is 12.9. The molecule has 0 amide bonds. The van der Waals surface area contributed by atoms with Crippen LogP contribution in [0.1, 0.15) is 16.1 Å².